The second-order valence-corrected chi connectivity index (χ2v) is 4.23. The molecule has 1 aliphatic rings. The van der Waals surface area contributed by atoms with Crippen molar-refractivity contribution >= 4 is 11.6 Å². The minimum atomic E-state index is 0.568. The van der Waals surface area contributed by atoms with Gasteiger partial charge in [-0.1, -0.05) is 18.5 Å². The van der Waals surface area contributed by atoms with Gasteiger partial charge in [-0.2, -0.15) is 0 Å². The molecule has 3 nitrogen and oxygen atoms in total. The molecule has 0 spiro atoms. The van der Waals surface area contributed by atoms with Crippen LogP contribution < -0.4 is 5.73 Å². The summed E-state index contributed by atoms with van der Waals surface area (Å²) in [6, 6.07) is 0. The van der Waals surface area contributed by atoms with Crippen LogP contribution in [0, 0.1) is 5.92 Å². The Hall–Kier alpha value is -0.540. The van der Waals surface area contributed by atoms with Crippen LogP contribution in [0.3, 0.4) is 0 Å². The first kappa shape index (κ1) is 9.99. The van der Waals surface area contributed by atoms with Gasteiger partial charge >= 0.3 is 0 Å². The van der Waals surface area contributed by atoms with Gasteiger partial charge < -0.3 is 10.3 Å². The molecule has 2 heterocycles. The average Bonchev–Trinajstić information content (AvgIpc) is 2.55. The van der Waals surface area contributed by atoms with Crippen LogP contribution >= 0.6 is 11.6 Å². The smallest absolute Gasteiger partial charge is 0.132 e. The molecule has 1 aromatic heterocycles. The summed E-state index contributed by atoms with van der Waals surface area (Å²) in [6.45, 7) is 3.77. The summed E-state index contributed by atoms with van der Waals surface area (Å²) in [4.78, 5) is 4.53. The zero-order valence-electron chi connectivity index (χ0n) is 8.46. The number of hydrogen-bond donors (Lipinski definition) is 1. The predicted octanol–water partition coefficient (Wildman–Crippen LogP) is 1.62. The van der Waals surface area contributed by atoms with E-state index in [4.69, 9.17) is 17.3 Å². The minimum absolute atomic E-state index is 0.568. The maximum Gasteiger partial charge on any atom is 0.132 e. The molecule has 4 heteroatoms. The Morgan fingerprint density at radius 3 is 3.07 bits per heavy atom. The highest BCUT2D eigenvalue weighted by Gasteiger charge is 2.22. The van der Waals surface area contributed by atoms with Crippen molar-refractivity contribution in [1.29, 1.82) is 0 Å². The first-order chi connectivity index (χ1) is 6.76. The van der Waals surface area contributed by atoms with E-state index < -0.39 is 0 Å². The summed E-state index contributed by atoms with van der Waals surface area (Å²) in [5, 5.41) is 0.820. The highest BCUT2D eigenvalue weighted by atomic mass is 35.5. The Morgan fingerprint density at radius 2 is 2.43 bits per heavy atom. The van der Waals surface area contributed by atoms with E-state index in [0.29, 0.717) is 5.92 Å². The number of rotatable bonds is 2. The topological polar surface area (TPSA) is 43.8 Å². The van der Waals surface area contributed by atoms with Gasteiger partial charge in [0.2, 0.25) is 0 Å². The molecule has 0 radical (unpaired) electrons. The Morgan fingerprint density at radius 1 is 1.64 bits per heavy atom. The maximum atomic E-state index is 6.22. The summed E-state index contributed by atoms with van der Waals surface area (Å²) < 4.78 is 2.13. The second-order valence-electron chi connectivity index (χ2n) is 3.87. The molecule has 0 saturated carbocycles. The molecule has 1 atom stereocenters. The van der Waals surface area contributed by atoms with Crippen LogP contribution in [0.15, 0.2) is 0 Å². The summed E-state index contributed by atoms with van der Waals surface area (Å²) in [5.74, 6) is 1.70. The van der Waals surface area contributed by atoms with E-state index in [9.17, 15) is 0 Å². The van der Waals surface area contributed by atoms with E-state index in [-0.39, 0.29) is 0 Å². The number of nitrogens with zero attached hydrogens (tertiary/aromatic N) is 2. The highest BCUT2D eigenvalue weighted by molar-refractivity contribution is 6.30. The summed E-state index contributed by atoms with van der Waals surface area (Å²) in [6.07, 6.45) is 3.07. The van der Waals surface area contributed by atoms with Gasteiger partial charge in [-0.15, -0.1) is 0 Å². The van der Waals surface area contributed by atoms with Gasteiger partial charge in [0.25, 0.3) is 0 Å². The van der Waals surface area contributed by atoms with Crippen molar-refractivity contribution < 1.29 is 0 Å². The minimum Gasteiger partial charge on any atom is -0.330 e. The van der Waals surface area contributed by atoms with Crippen LogP contribution in [0.5, 0.6) is 0 Å². The van der Waals surface area contributed by atoms with Gasteiger partial charge in [0.1, 0.15) is 11.0 Å². The molecule has 14 heavy (non-hydrogen) atoms. The fourth-order valence-corrected chi connectivity index (χ4v) is 2.35. The number of hydrogen-bond acceptors (Lipinski definition) is 2. The molecule has 0 aliphatic carbocycles. The number of halogens is 1. The third kappa shape index (κ3) is 1.55. The number of aryl methyl sites for hydroxylation is 2. The predicted molar refractivity (Wildman–Crippen MR) is 57.5 cm³/mol. The Kier molecular flexibility index (Phi) is 2.79. The molecule has 0 fully saturated rings. The van der Waals surface area contributed by atoms with Crippen LogP contribution in [0.1, 0.15) is 24.9 Å². The lowest BCUT2D eigenvalue weighted by atomic mass is 10.00. The van der Waals surface area contributed by atoms with Gasteiger partial charge in [0.15, 0.2) is 0 Å². The van der Waals surface area contributed by atoms with E-state index >= 15 is 0 Å². The Labute approximate surface area is 89.3 Å². The number of nitrogens with two attached hydrogens (primary N) is 1. The van der Waals surface area contributed by atoms with E-state index in [2.05, 4.69) is 16.5 Å². The lowest BCUT2D eigenvalue weighted by Gasteiger charge is -2.22. The van der Waals surface area contributed by atoms with Crippen LogP contribution in [-0.4, -0.2) is 16.1 Å². The van der Waals surface area contributed by atoms with Crippen molar-refractivity contribution in [2.24, 2.45) is 11.7 Å². The van der Waals surface area contributed by atoms with Crippen LogP contribution in [0.2, 0.25) is 5.15 Å². The SMILES string of the molecule is CCc1nc2n(c1Cl)CC(CN)CC2. The maximum absolute atomic E-state index is 6.22. The van der Waals surface area contributed by atoms with Crippen molar-refractivity contribution in [3.05, 3.63) is 16.7 Å². The first-order valence-corrected chi connectivity index (χ1v) is 5.57. The molecule has 0 amide bonds. The quantitative estimate of drug-likeness (QED) is 0.812. The molecule has 0 bridgehead atoms. The molecular weight excluding hydrogens is 198 g/mol. The third-order valence-electron chi connectivity index (χ3n) is 2.94. The van der Waals surface area contributed by atoms with E-state index in [1.165, 1.54) is 0 Å². The standard InChI is InChI=1S/C10H16ClN3/c1-2-8-10(11)14-6-7(5-12)3-4-9(14)13-8/h7H,2-6,12H2,1H3. The first-order valence-electron chi connectivity index (χ1n) is 5.20. The number of aromatic nitrogens is 2. The lowest BCUT2D eigenvalue weighted by molar-refractivity contribution is 0.374. The molecule has 2 N–H and O–H groups in total. The Balaban J connectivity index is 2.31. The molecule has 2 rings (SSSR count). The zero-order chi connectivity index (χ0) is 10.1. The molecular formula is C10H16ClN3. The van der Waals surface area contributed by atoms with Crippen molar-refractivity contribution in [3.8, 4) is 0 Å². The Bertz CT molecular complexity index is 332. The average molecular weight is 214 g/mol. The monoisotopic (exact) mass is 213 g/mol. The fourth-order valence-electron chi connectivity index (χ4n) is 2.01. The van der Waals surface area contributed by atoms with Gasteiger partial charge in [0.05, 0.1) is 5.69 Å². The van der Waals surface area contributed by atoms with Crippen LogP contribution in [-0.2, 0) is 19.4 Å². The van der Waals surface area contributed by atoms with E-state index in [0.717, 1.165) is 49.0 Å². The summed E-state index contributed by atoms with van der Waals surface area (Å²) >= 11 is 6.22. The molecule has 1 aliphatic heterocycles. The molecule has 0 aromatic carbocycles. The molecule has 0 saturated heterocycles. The van der Waals surface area contributed by atoms with E-state index in [1.54, 1.807) is 0 Å². The van der Waals surface area contributed by atoms with Crippen molar-refractivity contribution in [2.45, 2.75) is 32.7 Å². The van der Waals surface area contributed by atoms with E-state index in [1.807, 2.05) is 0 Å². The summed E-state index contributed by atoms with van der Waals surface area (Å²) in [5.41, 5.74) is 6.70. The van der Waals surface area contributed by atoms with Gasteiger partial charge in [-0.3, -0.25) is 0 Å². The zero-order valence-corrected chi connectivity index (χ0v) is 9.22. The normalized spacial score (nSPS) is 20.9. The van der Waals surface area contributed by atoms with Crippen molar-refractivity contribution in [1.82, 2.24) is 9.55 Å². The summed E-state index contributed by atoms with van der Waals surface area (Å²) in [7, 11) is 0. The second kappa shape index (κ2) is 3.91. The van der Waals surface area contributed by atoms with Crippen LogP contribution in [0.4, 0.5) is 0 Å². The third-order valence-corrected chi connectivity index (χ3v) is 3.36. The van der Waals surface area contributed by atoms with Crippen molar-refractivity contribution in [3.63, 3.8) is 0 Å². The number of imidazole rings is 1. The van der Waals surface area contributed by atoms with Gasteiger partial charge in [-0.25, -0.2) is 4.98 Å². The van der Waals surface area contributed by atoms with Gasteiger partial charge in [0, 0.05) is 13.0 Å². The largest absolute Gasteiger partial charge is 0.330 e. The molecule has 1 unspecified atom stereocenters. The highest BCUT2D eigenvalue weighted by Crippen LogP contribution is 2.26. The number of fused-ring (bicyclic) bond motifs is 1. The van der Waals surface area contributed by atoms with Crippen LogP contribution in [0.25, 0.3) is 0 Å². The molecule has 1 aromatic rings. The fraction of sp³-hybridized carbons (Fsp3) is 0.700. The molecule has 78 valence electrons. The van der Waals surface area contributed by atoms with Gasteiger partial charge in [-0.05, 0) is 25.3 Å². The van der Waals surface area contributed by atoms with Crippen molar-refractivity contribution in [2.75, 3.05) is 6.54 Å². The lowest BCUT2D eigenvalue weighted by Crippen LogP contribution is -2.26.